The Hall–Kier alpha value is -0.945. The Kier molecular flexibility index (Phi) is 5.83. The van der Waals surface area contributed by atoms with Crippen molar-refractivity contribution in [2.75, 3.05) is 26.2 Å². The monoisotopic (exact) mass is 346 g/mol. The van der Waals surface area contributed by atoms with Gasteiger partial charge in [-0.05, 0) is 59.7 Å². The average Bonchev–Trinajstić information content (AvgIpc) is 2.81. The minimum atomic E-state index is -0.355. The van der Waals surface area contributed by atoms with Gasteiger partial charge in [-0.1, -0.05) is 12.5 Å². The summed E-state index contributed by atoms with van der Waals surface area (Å²) >= 11 is 0. The first kappa shape index (κ1) is 18.8. The molecule has 2 aliphatic heterocycles. The Labute approximate surface area is 152 Å². The maximum Gasteiger partial charge on any atom is 0.496 e. The fourth-order valence-corrected chi connectivity index (χ4v) is 3.19. The highest BCUT2D eigenvalue weighted by atomic mass is 16.7. The molecule has 0 unspecified atom stereocenters. The number of aromatic nitrogens is 1. The van der Waals surface area contributed by atoms with Crippen molar-refractivity contribution in [3.8, 4) is 0 Å². The smallest absolute Gasteiger partial charge is 0.399 e. The van der Waals surface area contributed by atoms with Crippen LogP contribution in [0.4, 0.5) is 0 Å². The van der Waals surface area contributed by atoms with Gasteiger partial charge in [-0.2, -0.15) is 0 Å². The topological polar surface area (TPSA) is 43.8 Å². The number of hydrogen-bond acceptors (Lipinski definition) is 5. The normalized spacial score (nSPS) is 23.1. The SMILES string of the molecule is CC1(C)OB(c2ccc(COCCN3CCCCC3)nc2)OC1(C)C. The van der Waals surface area contributed by atoms with Crippen LogP contribution >= 0.6 is 0 Å². The number of rotatable bonds is 6. The van der Waals surface area contributed by atoms with Crippen LogP contribution in [-0.2, 0) is 20.7 Å². The van der Waals surface area contributed by atoms with E-state index >= 15 is 0 Å². The summed E-state index contributed by atoms with van der Waals surface area (Å²) in [6.45, 7) is 13.0. The molecule has 0 aromatic carbocycles. The van der Waals surface area contributed by atoms with E-state index in [0.717, 1.165) is 24.3 Å². The second-order valence-corrected chi connectivity index (χ2v) is 8.13. The van der Waals surface area contributed by atoms with Gasteiger partial charge >= 0.3 is 7.12 Å². The number of nitrogens with zero attached hydrogens (tertiary/aromatic N) is 2. The summed E-state index contributed by atoms with van der Waals surface area (Å²) in [6.07, 6.45) is 5.85. The largest absolute Gasteiger partial charge is 0.496 e. The number of hydrogen-bond donors (Lipinski definition) is 0. The van der Waals surface area contributed by atoms with Crippen LogP contribution in [0.2, 0.25) is 0 Å². The predicted molar refractivity (Wildman–Crippen MR) is 99.9 cm³/mol. The van der Waals surface area contributed by atoms with Crippen LogP contribution in [0.1, 0.15) is 52.7 Å². The first-order chi connectivity index (χ1) is 11.9. The van der Waals surface area contributed by atoms with E-state index in [4.69, 9.17) is 14.0 Å². The summed E-state index contributed by atoms with van der Waals surface area (Å²) in [5, 5.41) is 0. The summed E-state index contributed by atoms with van der Waals surface area (Å²) < 4.78 is 17.9. The average molecular weight is 346 g/mol. The van der Waals surface area contributed by atoms with E-state index in [0.29, 0.717) is 6.61 Å². The van der Waals surface area contributed by atoms with Gasteiger partial charge in [0.15, 0.2) is 0 Å². The lowest BCUT2D eigenvalue weighted by molar-refractivity contribution is 0.00578. The fourth-order valence-electron chi connectivity index (χ4n) is 3.19. The summed E-state index contributed by atoms with van der Waals surface area (Å²) in [6, 6.07) is 4.03. The molecular formula is C19H31BN2O3. The van der Waals surface area contributed by atoms with Crippen molar-refractivity contribution < 1.29 is 14.0 Å². The molecule has 0 radical (unpaired) electrons. The van der Waals surface area contributed by atoms with Gasteiger partial charge in [0.1, 0.15) is 0 Å². The fraction of sp³-hybridized carbons (Fsp3) is 0.737. The molecule has 6 heteroatoms. The van der Waals surface area contributed by atoms with E-state index < -0.39 is 0 Å². The molecule has 0 spiro atoms. The van der Waals surface area contributed by atoms with Crippen LogP contribution < -0.4 is 5.46 Å². The zero-order valence-corrected chi connectivity index (χ0v) is 16.1. The standard InChI is InChI=1S/C19H31BN2O3/c1-18(2)19(3,4)25-20(24-18)16-8-9-17(21-14-16)15-23-13-12-22-10-6-5-7-11-22/h8-9,14H,5-7,10-13,15H2,1-4H3. The summed E-state index contributed by atoms with van der Waals surface area (Å²) in [7, 11) is -0.355. The molecule has 3 rings (SSSR count). The van der Waals surface area contributed by atoms with Crippen molar-refractivity contribution >= 4 is 12.6 Å². The molecule has 0 atom stereocenters. The number of pyridine rings is 1. The summed E-state index contributed by atoms with van der Waals surface area (Å²) in [5.74, 6) is 0. The molecule has 2 aliphatic rings. The maximum absolute atomic E-state index is 6.06. The molecule has 0 N–H and O–H groups in total. The molecule has 0 bridgehead atoms. The quantitative estimate of drug-likeness (QED) is 0.585. The highest BCUT2D eigenvalue weighted by Crippen LogP contribution is 2.36. The third-order valence-corrected chi connectivity index (χ3v) is 5.62. The van der Waals surface area contributed by atoms with E-state index in [9.17, 15) is 0 Å². The Morgan fingerprint density at radius 1 is 1.08 bits per heavy atom. The van der Waals surface area contributed by atoms with Gasteiger partial charge in [0.05, 0.1) is 30.1 Å². The van der Waals surface area contributed by atoms with Crippen LogP contribution in [0.15, 0.2) is 18.3 Å². The van der Waals surface area contributed by atoms with Crippen molar-refractivity contribution in [2.45, 2.75) is 64.8 Å². The zero-order valence-electron chi connectivity index (χ0n) is 16.1. The van der Waals surface area contributed by atoms with Gasteiger partial charge in [0.25, 0.3) is 0 Å². The third kappa shape index (κ3) is 4.62. The highest BCUT2D eigenvalue weighted by Gasteiger charge is 2.51. The Bertz CT molecular complexity index is 540. The molecule has 2 fully saturated rings. The van der Waals surface area contributed by atoms with Gasteiger partial charge in [-0.15, -0.1) is 0 Å². The Morgan fingerprint density at radius 3 is 2.36 bits per heavy atom. The summed E-state index contributed by atoms with van der Waals surface area (Å²) in [5.41, 5.74) is 1.25. The molecule has 5 nitrogen and oxygen atoms in total. The van der Waals surface area contributed by atoms with Gasteiger partial charge in [0.2, 0.25) is 0 Å². The molecule has 2 saturated heterocycles. The first-order valence-corrected chi connectivity index (χ1v) is 9.48. The minimum Gasteiger partial charge on any atom is -0.399 e. The molecule has 1 aromatic heterocycles. The van der Waals surface area contributed by atoms with Crippen molar-refractivity contribution in [1.82, 2.24) is 9.88 Å². The minimum absolute atomic E-state index is 0.325. The lowest BCUT2D eigenvalue weighted by Gasteiger charge is -2.32. The Morgan fingerprint density at radius 2 is 1.76 bits per heavy atom. The van der Waals surface area contributed by atoms with Gasteiger partial charge < -0.3 is 18.9 Å². The lowest BCUT2D eigenvalue weighted by atomic mass is 9.80. The molecule has 3 heterocycles. The Balaban J connectivity index is 1.45. The summed E-state index contributed by atoms with van der Waals surface area (Å²) in [4.78, 5) is 6.99. The zero-order chi connectivity index (χ0) is 17.9. The highest BCUT2D eigenvalue weighted by molar-refractivity contribution is 6.62. The van der Waals surface area contributed by atoms with E-state index in [1.165, 1.54) is 32.4 Å². The lowest BCUT2D eigenvalue weighted by Crippen LogP contribution is -2.41. The first-order valence-electron chi connectivity index (χ1n) is 9.48. The molecule has 0 aliphatic carbocycles. The third-order valence-electron chi connectivity index (χ3n) is 5.62. The van der Waals surface area contributed by atoms with Crippen LogP contribution in [0.3, 0.4) is 0 Å². The van der Waals surface area contributed by atoms with Gasteiger partial charge in [0, 0.05) is 18.2 Å². The predicted octanol–water partition coefficient (Wildman–Crippen LogP) is 2.38. The maximum atomic E-state index is 6.06. The van der Waals surface area contributed by atoms with Crippen molar-refractivity contribution in [2.24, 2.45) is 0 Å². The van der Waals surface area contributed by atoms with Crippen molar-refractivity contribution in [1.29, 1.82) is 0 Å². The number of likely N-dealkylation sites (tertiary alicyclic amines) is 1. The van der Waals surface area contributed by atoms with E-state index in [2.05, 4.69) is 37.6 Å². The molecular weight excluding hydrogens is 315 g/mol. The molecule has 25 heavy (non-hydrogen) atoms. The number of piperidine rings is 1. The second-order valence-electron chi connectivity index (χ2n) is 8.13. The van der Waals surface area contributed by atoms with E-state index in [1.807, 2.05) is 18.3 Å². The van der Waals surface area contributed by atoms with Crippen LogP contribution in [0, 0.1) is 0 Å². The van der Waals surface area contributed by atoms with Crippen molar-refractivity contribution in [3.05, 3.63) is 24.0 Å². The molecule has 0 amide bonds. The molecule has 1 aromatic rings. The molecule has 0 saturated carbocycles. The van der Waals surface area contributed by atoms with Crippen LogP contribution in [-0.4, -0.2) is 54.4 Å². The van der Waals surface area contributed by atoms with Crippen molar-refractivity contribution in [3.63, 3.8) is 0 Å². The van der Waals surface area contributed by atoms with E-state index in [-0.39, 0.29) is 18.3 Å². The van der Waals surface area contributed by atoms with E-state index in [1.54, 1.807) is 0 Å². The second kappa shape index (κ2) is 7.74. The van der Waals surface area contributed by atoms with Crippen LogP contribution in [0.25, 0.3) is 0 Å². The molecule has 138 valence electrons. The number of ether oxygens (including phenoxy) is 1. The van der Waals surface area contributed by atoms with Gasteiger partial charge in [-0.3, -0.25) is 4.98 Å². The van der Waals surface area contributed by atoms with Crippen LogP contribution in [0.5, 0.6) is 0 Å². The van der Waals surface area contributed by atoms with Gasteiger partial charge in [-0.25, -0.2) is 0 Å².